The first-order chi connectivity index (χ1) is 16.4. The van der Waals surface area contributed by atoms with Gasteiger partial charge in [-0.1, -0.05) is 48.0 Å². The van der Waals surface area contributed by atoms with E-state index in [9.17, 15) is 18.8 Å². The lowest BCUT2D eigenvalue weighted by atomic mass is 10.1. The zero-order chi connectivity index (χ0) is 24.1. The van der Waals surface area contributed by atoms with Crippen molar-refractivity contribution in [1.82, 2.24) is 4.90 Å². The molecule has 0 aromatic heterocycles. The molecular weight excluding hydrogens is 455 g/mol. The number of amides is 3. The van der Waals surface area contributed by atoms with E-state index in [1.54, 1.807) is 54.6 Å². The molecule has 1 saturated heterocycles. The average molecular weight is 477 g/mol. The van der Waals surface area contributed by atoms with Crippen LogP contribution in [0.3, 0.4) is 0 Å². The minimum Gasteiger partial charge on any atom is -0.488 e. The molecular formula is C26H21FN2O4S. The van der Waals surface area contributed by atoms with Crippen LogP contribution in [-0.4, -0.2) is 28.5 Å². The molecule has 0 atom stereocenters. The SMILES string of the molecule is Cc1ccc(NC(=O)CN2C(=O)S/C(=C/c3ccccc3OCc3cccc(F)c3)C2=O)cc1. The molecule has 0 aliphatic carbocycles. The van der Waals surface area contributed by atoms with Crippen molar-refractivity contribution in [3.8, 4) is 5.75 Å². The van der Waals surface area contributed by atoms with Gasteiger partial charge in [-0.3, -0.25) is 19.3 Å². The van der Waals surface area contributed by atoms with Gasteiger partial charge in [-0.2, -0.15) is 0 Å². The molecule has 4 rings (SSSR count). The summed E-state index contributed by atoms with van der Waals surface area (Å²) in [5.41, 5.74) is 2.89. The smallest absolute Gasteiger partial charge is 0.294 e. The molecule has 8 heteroatoms. The highest BCUT2D eigenvalue weighted by Crippen LogP contribution is 2.34. The molecule has 0 bridgehead atoms. The van der Waals surface area contributed by atoms with Crippen LogP contribution in [0.15, 0.2) is 77.7 Å². The van der Waals surface area contributed by atoms with E-state index in [1.165, 1.54) is 12.1 Å². The fourth-order valence-electron chi connectivity index (χ4n) is 3.28. The van der Waals surface area contributed by atoms with Crippen molar-refractivity contribution >= 4 is 40.6 Å². The summed E-state index contributed by atoms with van der Waals surface area (Å²) in [6, 6.07) is 20.3. The van der Waals surface area contributed by atoms with Gasteiger partial charge in [0.05, 0.1) is 4.91 Å². The first-order valence-corrected chi connectivity index (χ1v) is 11.3. The van der Waals surface area contributed by atoms with Crippen molar-refractivity contribution in [2.24, 2.45) is 0 Å². The quantitative estimate of drug-likeness (QED) is 0.463. The minimum absolute atomic E-state index is 0.142. The molecule has 0 radical (unpaired) electrons. The molecule has 0 saturated carbocycles. The fourth-order valence-corrected chi connectivity index (χ4v) is 4.11. The number of ether oxygens (including phenoxy) is 1. The van der Waals surface area contributed by atoms with Crippen LogP contribution in [0.2, 0.25) is 0 Å². The number of benzene rings is 3. The Balaban J connectivity index is 1.44. The van der Waals surface area contributed by atoms with Gasteiger partial charge in [-0.25, -0.2) is 4.39 Å². The second kappa shape index (κ2) is 10.4. The van der Waals surface area contributed by atoms with Crippen molar-refractivity contribution in [3.63, 3.8) is 0 Å². The monoisotopic (exact) mass is 476 g/mol. The zero-order valence-electron chi connectivity index (χ0n) is 18.3. The molecule has 172 valence electrons. The van der Waals surface area contributed by atoms with Crippen molar-refractivity contribution in [3.05, 3.63) is 100 Å². The number of carbonyl (C=O) groups excluding carboxylic acids is 3. The summed E-state index contributed by atoms with van der Waals surface area (Å²) in [5, 5.41) is 2.17. The van der Waals surface area contributed by atoms with Gasteiger partial charge in [-0.05, 0) is 60.7 Å². The van der Waals surface area contributed by atoms with E-state index in [-0.39, 0.29) is 23.9 Å². The van der Waals surface area contributed by atoms with Gasteiger partial charge < -0.3 is 10.1 Å². The Bertz CT molecular complexity index is 1270. The molecule has 1 N–H and O–H groups in total. The Hall–Kier alpha value is -3.91. The topological polar surface area (TPSA) is 75.7 Å². The van der Waals surface area contributed by atoms with Gasteiger partial charge in [-0.15, -0.1) is 0 Å². The molecule has 1 heterocycles. The summed E-state index contributed by atoms with van der Waals surface area (Å²) in [5.74, 6) is -0.884. The minimum atomic E-state index is -0.547. The van der Waals surface area contributed by atoms with E-state index in [0.717, 1.165) is 22.2 Å². The normalized spacial score (nSPS) is 14.5. The number of imide groups is 1. The van der Waals surface area contributed by atoms with Gasteiger partial charge >= 0.3 is 0 Å². The van der Waals surface area contributed by atoms with Crippen LogP contribution in [0.1, 0.15) is 16.7 Å². The number of thioether (sulfide) groups is 1. The number of halogens is 1. The number of nitrogens with one attached hydrogen (secondary N) is 1. The Kier molecular flexibility index (Phi) is 7.08. The van der Waals surface area contributed by atoms with Crippen LogP contribution in [0.4, 0.5) is 14.9 Å². The summed E-state index contributed by atoms with van der Waals surface area (Å²) < 4.78 is 19.2. The number of carbonyl (C=O) groups is 3. The lowest BCUT2D eigenvalue weighted by Gasteiger charge is -2.12. The number of aryl methyl sites for hydroxylation is 1. The molecule has 3 aromatic carbocycles. The highest BCUT2D eigenvalue weighted by atomic mass is 32.2. The van der Waals surface area contributed by atoms with Crippen LogP contribution in [0.5, 0.6) is 5.75 Å². The number of anilines is 1. The fraction of sp³-hybridized carbons (Fsp3) is 0.115. The molecule has 34 heavy (non-hydrogen) atoms. The number of para-hydroxylation sites is 1. The van der Waals surface area contributed by atoms with Gasteiger partial charge in [0, 0.05) is 11.3 Å². The predicted molar refractivity (Wildman–Crippen MR) is 130 cm³/mol. The van der Waals surface area contributed by atoms with Crippen LogP contribution >= 0.6 is 11.8 Å². The van der Waals surface area contributed by atoms with E-state index in [2.05, 4.69) is 5.32 Å². The third kappa shape index (κ3) is 5.71. The Morgan fingerprint density at radius 1 is 1.06 bits per heavy atom. The third-order valence-electron chi connectivity index (χ3n) is 5.00. The van der Waals surface area contributed by atoms with E-state index < -0.39 is 17.1 Å². The van der Waals surface area contributed by atoms with Gasteiger partial charge in [0.1, 0.15) is 24.7 Å². The number of hydrogen-bond donors (Lipinski definition) is 1. The van der Waals surface area contributed by atoms with Crippen molar-refractivity contribution in [2.45, 2.75) is 13.5 Å². The second-order valence-corrected chi connectivity index (χ2v) is 8.63. The average Bonchev–Trinajstić information content (AvgIpc) is 3.07. The Morgan fingerprint density at radius 2 is 1.82 bits per heavy atom. The van der Waals surface area contributed by atoms with Gasteiger partial charge in [0.25, 0.3) is 11.1 Å². The van der Waals surface area contributed by atoms with Crippen molar-refractivity contribution < 1.29 is 23.5 Å². The summed E-state index contributed by atoms with van der Waals surface area (Å²) in [6.45, 7) is 1.69. The van der Waals surface area contributed by atoms with Gasteiger partial charge in [0.15, 0.2) is 0 Å². The standard InChI is InChI=1S/C26H21FN2O4S/c1-17-9-11-21(12-10-17)28-24(30)15-29-25(31)23(34-26(29)32)14-19-6-2-3-8-22(19)33-16-18-5-4-7-20(27)13-18/h2-14H,15-16H2,1H3,(H,28,30)/b23-14+. The van der Waals surface area contributed by atoms with E-state index in [1.807, 2.05) is 19.1 Å². The zero-order valence-corrected chi connectivity index (χ0v) is 19.1. The highest BCUT2D eigenvalue weighted by Gasteiger charge is 2.36. The maximum absolute atomic E-state index is 13.4. The van der Waals surface area contributed by atoms with Crippen LogP contribution in [-0.2, 0) is 16.2 Å². The van der Waals surface area contributed by atoms with Crippen molar-refractivity contribution in [1.29, 1.82) is 0 Å². The highest BCUT2D eigenvalue weighted by molar-refractivity contribution is 8.18. The summed E-state index contributed by atoms with van der Waals surface area (Å²) in [4.78, 5) is 38.7. The van der Waals surface area contributed by atoms with Crippen molar-refractivity contribution in [2.75, 3.05) is 11.9 Å². The number of rotatable bonds is 7. The lowest BCUT2D eigenvalue weighted by Crippen LogP contribution is -2.36. The summed E-state index contributed by atoms with van der Waals surface area (Å²) in [7, 11) is 0. The lowest BCUT2D eigenvalue weighted by molar-refractivity contribution is -0.127. The first-order valence-electron chi connectivity index (χ1n) is 10.5. The number of hydrogen-bond acceptors (Lipinski definition) is 5. The number of nitrogens with zero attached hydrogens (tertiary/aromatic N) is 1. The molecule has 1 aliphatic rings. The summed E-state index contributed by atoms with van der Waals surface area (Å²) >= 11 is 0.765. The molecule has 3 aromatic rings. The van der Waals surface area contributed by atoms with Crippen LogP contribution in [0.25, 0.3) is 6.08 Å². The molecule has 1 fully saturated rings. The van der Waals surface area contributed by atoms with Gasteiger partial charge in [0.2, 0.25) is 5.91 Å². The molecule has 1 aliphatic heterocycles. The maximum atomic E-state index is 13.4. The Labute approximate surface area is 200 Å². The van der Waals surface area contributed by atoms with E-state index >= 15 is 0 Å². The van der Waals surface area contributed by atoms with Crippen LogP contribution in [0, 0.1) is 12.7 Å². The van der Waals surface area contributed by atoms with E-state index in [0.29, 0.717) is 22.6 Å². The summed E-state index contributed by atoms with van der Waals surface area (Å²) in [6.07, 6.45) is 1.56. The largest absolute Gasteiger partial charge is 0.488 e. The van der Waals surface area contributed by atoms with E-state index in [4.69, 9.17) is 4.74 Å². The third-order valence-corrected chi connectivity index (χ3v) is 5.91. The molecule has 0 unspecified atom stereocenters. The molecule has 0 spiro atoms. The first kappa shape index (κ1) is 23.3. The maximum Gasteiger partial charge on any atom is 0.294 e. The molecule has 3 amide bonds. The van der Waals surface area contributed by atoms with Crippen LogP contribution < -0.4 is 10.1 Å². The predicted octanol–water partition coefficient (Wildman–Crippen LogP) is 5.39. The molecule has 6 nitrogen and oxygen atoms in total. The Morgan fingerprint density at radius 3 is 2.59 bits per heavy atom. The second-order valence-electron chi connectivity index (χ2n) is 7.64.